The van der Waals surface area contributed by atoms with Crippen LogP contribution in [-0.4, -0.2) is 11.7 Å². The number of hydrogen-bond acceptors (Lipinski definition) is 2. The summed E-state index contributed by atoms with van der Waals surface area (Å²) >= 11 is 12.4. The Morgan fingerprint density at radius 3 is 2.33 bits per heavy atom. The molecule has 1 aliphatic heterocycles. The summed E-state index contributed by atoms with van der Waals surface area (Å²) < 4.78 is 0. The van der Waals surface area contributed by atoms with Gasteiger partial charge in [0.25, 0.3) is 0 Å². The highest BCUT2D eigenvalue weighted by Gasteiger charge is 2.39. The molecular weight excluding hydrogens is 417 g/mol. The predicted octanol–water partition coefficient (Wildman–Crippen LogP) is 6.67. The first kappa shape index (κ1) is 19.3. The zero-order chi connectivity index (χ0) is 20.8. The Kier molecular flexibility index (Phi) is 4.88. The van der Waals surface area contributed by atoms with E-state index in [-0.39, 0.29) is 24.0 Å². The maximum absolute atomic E-state index is 13.3. The second-order valence-corrected chi connectivity index (χ2v) is 8.73. The lowest BCUT2D eigenvalue weighted by atomic mass is 9.77. The van der Waals surface area contributed by atoms with Crippen LogP contribution in [0.25, 0.3) is 10.8 Å². The molecule has 0 radical (unpaired) electrons. The van der Waals surface area contributed by atoms with Crippen molar-refractivity contribution in [3.63, 3.8) is 0 Å². The fourth-order valence-electron chi connectivity index (χ4n) is 4.67. The van der Waals surface area contributed by atoms with Gasteiger partial charge in [-0.25, -0.2) is 0 Å². The van der Waals surface area contributed by atoms with Gasteiger partial charge in [0.2, 0.25) is 5.91 Å². The standard InChI is InChI=1S/C25H19Cl2NO2/c26-18-11-19(27)13-20(12-18)28-22-6-3-7-23(29)25(22)21(14-24(28)30)17-9-8-15-4-1-2-5-16(15)10-17/h1-2,4-5,8-13,21H,3,6-7,14H2. The summed E-state index contributed by atoms with van der Waals surface area (Å²) in [6, 6.07) is 19.4. The highest BCUT2D eigenvalue weighted by Crippen LogP contribution is 2.44. The fraction of sp³-hybridized carbons (Fsp3) is 0.200. The summed E-state index contributed by atoms with van der Waals surface area (Å²) in [7, 11) is 0. The van der Waals surface area contributed by atoms with Crippen LogP contribution in [0.3, 0.4) is 0 Å². The molecule has 1 unspecified atom stereocenters. The summed E-state index contributed by atoms with van der Waals surface area (Å²) in [5.74, 6) is -0.143. The number of benzene rings is 3. The third-order valence-corrected chi connectivity index (χ3v) is 6.39. The van der Waals surface area contributed by atoms with E-state index in [1.54, 1.807) is 23.1 Å². The Morgan fingerprint density at radius 2 is 1.57 bits per heavy atom. The van der Waals surface area contributed by atoms with E-state index >= 15 is 0 Å². The minimum absolute atomic E-state index is 0.0417. The van der Waals surface area contributed by atoms with Gasteiger partial charge in [0.1, 0.15) is 0 Å². The molecule has 1 heterocycles. The number of rotatable bonds is 2. The van der Waals surface area contributed by atoms with Crippen LogP contribution in [0.2, 0.25) is 10.0 Å². The quantitative estimate of drug-likeness (QED) is 0.450. The van der Waals surface area contributed by atoms with Crippen LogP contribution >= 0.6 is 23.2 Å². The van der Waals surface area contributed by atoms with E-state index in [1.807, 2.05) is 18.2 Å². The number of halogens is 2. The molecule has 0 bridgehead atoms. The fourth-order valence-corrected chi connectivity index (χ4v) is 5.18. The first-order valence-corrected chi connectivity index (χ1v) is 10.8. The number of hydrogen-bond donors (Lipinski definition) is 0. The zero-order valence-corrected chi connectivity index (χ0v) is 17.7. The van der Waals surface area contributed by atoms with Crippen molar-refractivity contribution in [2.24, 2.45) is 0 Å². The molecule has 2 aliphatic rings. The minimum atomic E-state index is -0.226. The summed E-state index contributed by atoms with van der Waals surface area (Å²) in [5, 5.41) is 3.18. The number of allylic oxidation sites excluding steroid dienone is 2. The summed E-state index contributed by atoms with van der Waals surface area (Å²) in [5.41, 5.74) is 3.18. The van der Waals surface area contributed by atoms with E-state index in [2.05, 4.69) is 24.3 Å². The molecule has 3 nitrogen and oxygen atoms in total. The first-order valence-electron chi connectivity index (χ1n) is 10.1. The van der Waals surface area contributed by atoms with Gasteiger partial charge in [-0.05, 0) is 47.4 Å². The molecule has 3 aromatic rings. The van der Waals surface area contributed by atoms with E-state index in [0.29, 0.717) is 28.6 Å². The molecular formula is C25H19Cl2NO2. The van der Waals surface area contributed by atoms with Crippen molar-refractivity contribution in [2.75, 3.05) is 4.90 Å². The third kappa shape index (κ3) is 3.32. The van der Waals surface area contributed by atoms with Crippen molar-refractivity contribution >= 4 is 51.4 Å². The summed E-state index contributed by atoms with van der Waals surface area (Å²) in [6.45, 7) is 0. The highest BCUT2D eigenvalue weighted by atomic mass is 35.5. The molecule has 3 aromatic carbocycles. The van der Waals surface area contributed by atoms with Crippen molar-refractivity contribution in [2.45, 2.75) is 31.6 Å². The van der Waals surface area contributed by atoms with Crippen LogP contribution in [0.1, 0.15) is 37.2 Å². The zero-order valence-electron chi connectivity index (χ0n) is 16.2. The molecule has 0 spiro atoms. The average molecular weight is 436 g/mol. The van der Waals surface area contributed by atoms with Gasteiger partial charge in [-0.1, -0.05) is 65.7 Å². The van der Waals surface area contributed by atoms with Gasteiger partial charge in [-0.2, -0.15) is 0 Å². The third-order valence-electron chi connectivity index (χ3n) is 5.96. The van der Waals surface area contributed by atoms with Gasteiger partial charge >= 0.3 is 0 Å². The second kappa shape index (κ2) is 7.57. The Hall–Kier alpha value is -2.62. The van der Waals surface area contributed by atoms with Crippen LogP contribution in [0.15, 0.2) is 71.9 Å². The molecule has 0 saturated carbocycles. The maximum atomic E-state index is 13.3. The number of carbonyl (C=O) groups excluding carboxylic acids is 2. The van der Waals surface area contributed by atoms with Crippen LogP contribution in [0.5, 0.6) is 0 Å². The largest absolute Gasteiger partial charge is 0.294 e. The number of anilines is 1. The monoisotopic (exact) mass is 435 g/mol. The van der Waals surface area contributed by atoms with Crippen molar-refractivity contribution in [3.8, 4) is 0 Å². The van der Waals surface area contributed by atoms with Gasteiger partial charge in [0.05, 0.1) is 5.69 Å². The lowest BCUT2D eigenvalue weighted by Gasteiger charge is -2.38. The highest BCUT2D eigenvalue weighted by molar-refractivity contribution is 6.35. The first-order chi connectivity index (χ1) is 14.5. The topological polar surface area (TPSA) is 37.4 Å². The Balaban J connectivity index is 1.67. The van der Waals surface area contributed by atoms with Crippen LogP contribution in [0, 0.1) is 0 Å². The number of carbonyl (C=O) groups is 2. The Morgan fingerprint density at radius 1 is 0.833 bits per heavy atom. The van der Waals surface area contributed by atoms with Gasteiger partial charge in [-0.3, -0.25) is 14.5 Å². The van der Waals surface area contributed by atoms with E-state index in [1.165, 1.54) is 0 Å². The molecule has 1 atom stereocenters. The van der Waals surface area contributed by atoms with Crippen LogP contribution in [0.4, 0.5) is 5.69 Å². The SMILES string of the molecule is O=C1CCCC2=C1C(c1ccc3ccccc3c1)CC(=O)N2c1cc(Cl)cc(Cl)c1. The molecule has 0 fully saturated rings. The minimum Gasteiger partial charge on any atom is -0.294 e. The number of Topliss-reactive ketones (excluding diaryl/α,β-unsaturated/α-hetero) is 1. The van der Waals surface area contributed by atoms with E-state index in [9.17, 15) is 9.59 Å². The van der Waals surface area contributed by atoms with Gasteiger partial charge in [0, 0.05) is 40.1 Å². The molecule has 30 heavy (non-hydrogen) atoms. The molecule has 5 rings (SSSR count). The molecule has 0 aromatic heterocycles. The van der Waals surface area contributed by atoms with Crippen molar-refractivity contribution < 1.29 is 9.59 Å². The second-order valence-electron chi connectivity index (χ2n) is 7.86. The lowest BCUT2D eigenvalue weighted by molar-refractivity contribution is -0.119. The molecule has 0 saturated heterocycles. The number of ketones is 1. The molecule has 1 amide bonds. The van der Waals surface area contributed by atoms with Crippen molar-refractivity contribution in [3.05, 3.63) is 87.5 Å². The van der Waals surface area contributed by atoms with Crippen molar-refractivity contribution in [1.29, 1.82) is 0 Å². The van der Waals surface area contributed by atoms with E-state index < -0.39 is 0 Å². The Bertz CT molecular complexity index is 1210. The molecule has 5 heteroatoms. The summed E-state index contributed by atoms with van der Waals surface area (Å²) in [6.07, 6.45) is 2.18. The molecule has 1 aliphatic carbocycles. The van der Waals surface area contributed by atoms with Gasteiger partial charge in [0.15, 0.2) is 5.78 Å². The number of fused-ring (bicyclic) bond motifs is 1. The lowest BCUT2D eigenvalue weighted by Crippen LogP contribution is -2.40. The smallest absolute Gasteiger partial charge is 0.232 e. The van der Waals surface area contributed by atoms with Crippen molar-refractivity contribution in [1.82, 2.24) is 0 Å². The number of nitrogens with zero attached hydrogens (tertiary/aromatic N) is 1. The van der Waals surface area contributed by atoms with E-state index in [4.69, 9.17) is 23.2 Å². The number of amides is 1. The average Bonchev–Trinajstić information content (AvgIpc) is 2.72. The summed E-state index contributed by atoms with van der Waals surface area (Å²) in [4.78, 5) is 28.0. The Labute approximate surface area is 184 Å². The molecule has 0 N–H and O–H groups in total. The normalized spacial score (nSPS) is 19.4. The molecule has 150 valence electrons. The van der Waals surface area contributed by atoms with E-state index in [0.717, 1.165) is 34.0 Å². The maximum Gasteiger partial charge on any atom is 0.232 e. The van der Waals surface area contributed by atoms with Gasteiger partial charge in [-0.15, -0.1) is 0 Å². The van der Waals surface area contributed by atoms with Crippen LogP contribution in [-0.2, 0) is 9.59 Å². The van der Waals surface area contributed by atoms with Gasteiger partial charge < -0.3 is 0 Å². The van der Waals surface area contributed by atoms with Crippen LogP contribution < -0.4 is 4.90 Å². The predicted molar refractivity (Wildman–Crippen MR) is 121 cm³/mol.